The number of carbonyl (C=O) groups is 1. The summed E-state index contributed by atoms with van der Waals surface area (Å²) >= 11 is 0. The number of rotatable bonds is 4. The van der Waals surface area contributed by atoms with Crippen molar-refractivity contribution >= 4 is 5.91 Å². The number of amides is 1. The summed E-state index contributed by atoms with van der Waals surface area (Å²) in [7, 11) is 0. The van der Waals surface area contributed by atoms with Gasteiger partial charge in [-0.1, -0.05) is 26.2 Å². The minimum absolute atomic E-state index is 0.111. The molecule has 0 bridgehead atoms. The fourth-order valence-electron chi connectivity index (χ4n) is 2.74. The number of carbonyl (C=O) groups excluding carboxylic acids is 1. The zero-order valence-electron chi connectivity index (χ0n) is 10.9. The summed E-state index contributed by atoms with van der Waals surface area (Å²) in [6.45, 7) is 2.52. The van der Waals surface area contributed by atoms with Crippen LogP contribution < -0.4 is 11.1 Å². The summed E-state index contributed by atoms with van der Waals surface area (Å²) in [5.74, 6) is 1.51. The number of hydrogen-bond donors (Lipinski definition) is 2. The normalized spacial score (nSPS) is 23.9. The summed E-state index contributed by atoms with van der Waals surface area (Å²) in [4.78, 5) is 12.1. The maximum absolute atomic E-state index is 12.1. The molecule has 1 amide bonds. The van der Waals surface area contributed by atoms with Crippen LogP contribution >= 0.6 is 0 Å². The van der Waals surface area contributed by atoms with Crippen molar-refractivity contribution in [2.24, 2.45) is 11.7 Å². The van der Waals surface area contributed by atoms with Crippen LogP contribution in [-0.4, -0.2) is 11.9 Å². The van der Waals surface area contributed by atoms with Crippen LogP contribution in [0.25, 0.3) is 0 Å². The third-order valence-corrected chi connectivity index (χ3v) is 3.84. The molecule has 0 saturated heterocycles. The smallest absolute Gasteiger partial charge is 0.287 e. The van der Waals surface area contributed by atoms with Crippen LogP contribution in [0.1, 0.15) is 55.3 Å². The van der Waals surface area contributed by atoms with E-state index in [0.29, 0.717) is 30.0 Å². The monoisotopic (exact) mass is 250 g/mol. The van der Waals surface area contributed by atoms with Crippen LogP contribution in [0.15, 0.2) is 16.5 Å². The number of nitrogens with two attached hydrogens (primary N) is 1. The van der Waals surface area contributed by atoms with E-state index in [0.717, 1.165) is 12.8 Å². The first-order chi connectivity index (χ1) is 8.74. The molecule has 0 aliphatic heterocycles. The Morgan fingerprint density at radius 1 is 1.44 bits per heavy atom. The van der Waals surface area contributed by atoms with Gasteiger partial charge >= 0.3 is 0 Å². The Labute approximate surface area is 108 Å². The Hall–Kier alpha value is -1.29. The van der Waals surface area contributed by atoms with Crippen molar-refractivity contribution in [1.82, 2.24) is 5.32 Å². The molecule has 1 aromatic heterocycles. The second-order valence-corrected chi connectivity index (χ2v) is 5.00. The van der Waals surface area contributed by atoms with Crippen molar-refractivity contribution in [3.05, 3.63) is 23.7 Å². The molecule has 0 radical (unpaired) electrons. The summed E-state index contributed by atoms with van der Waals surface area (Å²) in [6, 6.07) is 3.75. The average molecular weight is 250 g/mol. The first-order valence-corrected chi connectivity index (χ1v) is 6.84. The van der Waals surface area contributed by atoms with Gasteiger partial charge in [0, 0.05) is 6.04 Å². The van der Waals surface area contributed by atoms with Crippen LogP contribution in [0, 0.1) is 5.92 Å². The van der Waals surface area contributed by atoms with Crippen LogP contribution in [-0.2, 0) is 6.54 Å². The van der Waals surface area contributed by atoms with E-state index in [1.165, 1.54) is 19.3 Å². The molecule has 18 heavy (non-hydrogen) atoms. The van der Waals surface area contributed by atoms with Crippen LogP contribution in [0.5, 0.6) is 0 Å². The Morgan fingerprint density at radius 3 is 2.89 bits per heavy atom. The predicted octanol–water partition coefficient (Wildman–Crippen LogP) is 2.44. The molecule has 1 aromatic rings. The molecule has 4 heteroatoms. The van der Waals surface area contributed by atoms with E-state index in [2.05, 4.69) is 12.2 Å². The lowest BCUT2D eigenvalue weighted by Gasteiger charge is -2.31. The number of furan rings is 1. The van der Waals surface area contributed by atoms with E-state index in [9.17, 15) is 4.79 Å². The van der Waals surface area contributed by atoms with Crippen molar-refractivity contribution in [2.45, 2.75) is 51.6 Å². The van der Waals surface area contributed by atoms with Gasteiger partial charge < -0.3 is 15.5 Å². The van der Waals surface area contributed by atoms with E-state index >= 15 is 0 Å². The Morgan fingerprint density at radius 2 is 2.22 bits per heavy atom. The average Bonchev–Trinajstić information content (AvgIpc) is 2.88. The first-order valence-electron chi connectivity index (χ1n) is 6.84. The second-order valence-electron chi connectivity index (χ2n) is 5.00. The van der Waals surface area contributed by atoms with E-state index < -0.39 is 0 Å². The molecule has 2 rings (SSSR count). The largest absolute Gasteiger partial charge is 0.455 e. The lowest BCUT2D eigenvalue weighted by molar-refractivity contribution is 0.0874. The van der Waals surface area contributed by atoms with Crippen molar-refractivity contribution in [2.75, 3.05) is 0 Å². The van der Waals surface area contributed by atoms with E-state index in [-0.39, 0.29) is 5.91 Å². The molecule has 4 nitrogen and oxygen atoms in total. The predicted molar refractivity (Wildman–Crippen MR) is 70.1 cm³/mol. The molecule has 1 heterocycles. The highest BCUT2D eigenvalue weighted by molar-refractivity contribution is 5.91. The molecule has 1 aliphatic carbocycles. The quantitative estimate of drug-likeness (QED) is 0.862. The van der Waals surface area contributed by atoms with Crippen molar-refractivity contribution in [3.8, 4) is 0 Å². The molecule has 100 valence electrons. The molecule has 3 N–H and O–H groups in total. The Kier molecular flexibility index (Phi) is 4.42. The standard InChI is InChI=1S/C14H22N2O2/c1-2-10-5-3-4-6-12(10)16-14(17)13-8-7-11(9-15)18-13/h7-8,10,12H,2-6,9,15H2,1H3,(H,16,17). The third kappa shape index (κ3) is 2.93. The van der Waals surface area contributed by atoms with E-state index in [1.54, 1.807) is 12.1 Å². The van der Waals surface area contributed by atoms with Gasteiger partial charge in [0.2, 0.25) is 0 Å². The third-order valence-electron chi connectivity index (χ3n) is 3.84. The molecule has 1 fully saturated rings. The SMILES string of the molecule is CCC1CCCCC1NC(=O)c1ccc(CN)o1. The maximum atomic E-state index is 12.1. The van der Waals surface area contributed by atoms with Gasteiger partial charge in [0.15, 0.2) is 5.76 Å². The molecule has 0 aromatic carbocycles. The van der Waals surface area contributed by atoms with Crippen molar-refractivity contribution < 1.29 is 9.21 Å². The number of hydrogen-bond acceptors (Lipinski definition) is 3. The first kappa shape index (κ1) is 13.1. The van der Waals surface area contributed by atoms with Crippen LogP contribution in [0.3, 0.4) is 0 Å². The number of nitrogens with one attached hydrogen (secondary N) is 1. The summed E-state index contributed by atoms with van der Waals surface area (Å²) in [5.41, 5.74) is 5.47. The van der Waals surface area contributed by atoms with Gasteiger partial charge in [0.1, 0.15) is 5.76 Å². The van der Waals surface area contributed by atoms with Gasteiger partial charge in [0.05, 0.1) is 6.54 Å². The zero-order valence-corrected chi connectivity index (χ0v) is 10.9. The Balaban J connectivity index is 1.97. The molecule has 1 aliphatic rings. The molecular weight excluding hydrogens is 228 g/mol. The van der Waals surface area contributed by atoms with Gasteiger partial charge in [-0.05, 0) is 30.9 Å². The summed E-state index contributed by atoms with van der Waals surface area (Å²) < 4.78 is 5.37. The van der Waals surface area contributed by atoms with Crippen LogP contribution in [0.2, 0.25) is 0 Å². The zero-order chi connectivity index (χ0) is 13.0. The second kappa shape index (κ2) is 6.05. The fourth-order valence-corrected chi connectivity index (χ4v) is 2.74. The minimum atomic E-state index is -0.111. The minimum Gasteiger partial charge on any atom is -0.455 e. The van der Waals surface area contributed by atoms with E-state index in [1.807, 2.05) is 0 Å². The highest BCUT2D eigenvalue weighted by atomic mass is 16.4. The van der Waals surface area contributed by atoms with Gasteiger partial charge in [0.25, 0.3) is 5.91 Å². The topological polar surface area (TPSA) is 68.3 Å². The maximum Gasteiger partial charge on any atom is 0.287 e. The molecule has 2 unspecified atom stereocenters. The highest BCUT2D eigenvalue weighted by Gasteiger charge is 2.26. The van der Waals surface area contributed by atoms with Gasteiger partial charge in [-0.25, -0.2) is 0 Å². The summed E-state index contributed by atoms with van der Waals surface area (Å²) in [5, 5.41) is 3.10. The van der Waals surface area contributed by atoms with Gasteiger partial charge in [-0.3, -0.25) is 4.79 Å². The van der Waals surface area contributed by atoms with E-state index in [4.69, 9.17) is 10.2 Å². The molecular formula is C14H22N2O2. The lowest BCUT2D eigenvalue weighted by Crippen LogP contribution is -2.41. The summed E-state index contributed by atoms with van der Waals surface area (Å²) in [6.07, 6.45) is 5.90. The molecule has 2 atom stereocenters. The van der Waals surface area contributed by atoms with Crippen molar-refractivity contribution in [3.63, 3.8) is 0 Å². The molecule has 1 saturated carbocycles. The van der Waals surface area contributed by atoms with Crippen LogP contribution in [0.4, 0.5) is 0 Å². The highest BCUT2D eigenvalue weighted by Crippen LogP contribution is 2.27. The Bertz CT molecular complexity index is 400. The molecule has 0 spiro atoms. The lowest BCUT2D eigenvalue weighted by atomic mass is 9.83. The van der Waals surface area contributed by atoms with Gasteiger partial charge in [-0.15, -0.1) is 0 Å². The fraction of sp³-hybridized carbons (Fsp3) is 0.643. The van der Waals surface area contributed by atoms with Crippen molar-refractivity contribution in [1.29, 1.82) is 0 Å². The van der Waals surface area contributed by atoms with Gasteiger partial charge in [-0.2, -0.15) is 0 Å².